The summed E-state index contributed by atoms with van der Waals surface area (Å²) in [4.78, 5) is 10.3. The molecule has 0 aromatic carbocycles. The molecule has 7 nitrogen and oxygen atoms in total. The second kappa shape index (κ2) is 7.73. The molecule has 0 aliphatic carbocycles. The fourth-order valence-corrected chi connectivity index (χ4v) is 4.59. The summed E-state index contributed by atoms with van der Waals surface area (Å²) < 4.78 is 31.3. The molecule has 25 heavy (non-hydrogen) atoms. The highest BCUT2D eigenvalue weighted by Crippen LogP contribution is 2.31. The van der Waals surface area contributed by atoms with Crippen LogP contribution < -0.4 is 0 Å². The van der Waals surface area contributed by atoms with Crippen LogP contribution in [0.25, 0.3) is 0 Å². The Hall–Kier alpha value is -0.960. The minimum Gasteiger partial charge on any atom is -0.372 e. The summed E-state index contributed by atoms with van der Waals surface area (Å²) in [5, 5.41) is 0. The van der Waals surface area contributed by atoms with Gasteiger partial charge in [-0.1, -0.05) is 13.3 Å². The van der Waals surface area contributed by atoms with E-state index >= 15 is 0 Å². The second-order valence-electron chi connectivity index (χ2n) is 7.36. The number of piperidine rings is 1. The number of nitrogens with zero attached hydrogens (tertiary/aromatic N) is 3. The number of unbranched alkanes of at least 4 members (excludes halogenated alkanes) is 1. The van der Waals surface area contributed by atoms with Crippen LogP contribution in [0.3, 0.4) is 0 Å². The van der Waals surface area contributed by atoms with Gasteiger partial charge in [-0.2, -0.15) is 4.31 Å². The van der Waals surface area contributed by atoms with Crippen molar-refractivity contribution in [3.8, 4) is 0 Å². The number of aromatic nitrogens is 2. The van der Waals surface area contributed by atoms with E-state index in [1.54, 1.807) is 4.31 Å². The van der Waals surface area contributed by atoms with Gasteiger partial charge in [-0.15, -0.1) is 0 Å². The Kier molecular flexibility index (Phi) is 5.82. The Balaban J connectivity index is 1.52. The van der Waals surface area contributed by atoms with Crippen LogP contribution in [0.15, 0.2) is 6.20 Å². The number of morpholine rings is 1. The van der Waals surface area contributed by atoms with Crippen molar-refractivity contribution in [2.24, 2.45) is 0 Å². The third-order valence-corrected chi connectivity index (χ3v) is 6.54. The molecule has 0 saturated carbocycles. The molecule has 0 atom stereocenters. The average molecular weight is 371 g/mol. The lowest BCUT2D eigenvalue weighted by Gasteiger charge is -2.46. The van der Waals surface area contributed by atoms with E-state index in [2.05, 4.69) is 21.8 Å². The van der Waals surface area contributed by atoms with Crippen molar-refractivity contribution in [1.82, 2.24) is 19.2 Å². The number of aromatic amines is 1. The number of rotatable bonds is 6. The second-order valence-corrected chi connectivity index (χ2v) is 9.35. The summed E-state index contributed by atoms with van der Waals surface area (Å²) in [6.07, 6.45) is 8.32. The first-order valence-electron chi connectivity index (χ1n) is 9.24. The Bertz CT molecular complexity index is 665. The molecule has 0 amide bonds. The maximum atomic E-state index is 11.8. The van der Waals surface area contributed by atoms with Crippen molar-refractivity contribution in [3.05, 3.63) is 17.7 Å². The van der Waals surface area contributed by atoms with E-state index in [9.17, 15) is 8.42 Å². The zero-order valence-corrected chi connectivity index (χ0v) is 16.1. The summed E-state index contributed by atoms with van der Waals surface area (Å²) in [5.74, 6) is 1.07. The van der Waals surface area contributed by atoms with E-state index in [-0.39, 0.29) is 5.60 Å². The van der Waals surface area contributed by atoms with E-state index < -0.39 is 10.0 Å². The van der Waals surface area contributed by atoms with Gasteiger partial charge >= 0.3 is 0 Å². The Morgan fingerprint density at radius 2 is 2.08 bits per heavy atom. The molecule has 3 heterocycles. The Morgan fingerprint density at radius 1 is 1.32 bits per heavy atom. The van der Waals surface area contributed by atoms with Crippen molar-refractivity contribution in [2.75, 3.05) is 39.0 Å². The molecule has 1 spiro atoms. The minimum atomic E-state index is -3.14. The molecule has 1 N–H and O–H groups in total. The summed E-state index contributed by atoms with van der Waals surface area (Å²) in [6, 6.07) is 0. The largest absolute Gasteiger partial charge is 0.372 e. The number of hydrogen-bond acceptors (Lipinski definition) is 5. The van der Waals surface area contributed by atoms with E-state index in [1.165, 1.54) is 12.7 Å². The fraction of sp³-hybridized carbons (Fsp3) is 0.824. The molecule has 0 radical (unpaired) electrons. The third-order valence-electron chi connectivity index (χ3n) is 5.29. The van der Waals surface area contributed by atoms with Crippen LogP contribution >= 0.6 is 0 Å². The smallest absolute Gasteiger partial charge is 0.211 e. The molecule has 1 aromatic heterocycles. The lowest BCUT2D eigenvalue weighted by molar-refractivity contribution is -0.120. The minimum absolute atomic E-state index is 0.307. The molecule has 1 aromatic rings. The van der Waals surface area contributed by atoms with Gasteiger partial charge in [-0.3, -0.25) is 4.90 Å². The van der Waals surface area contributed by atoms with Gasteiger partial charge in [0.05, 0.1) is 18.5 Å². The molecule has 2 saturated heterocycles. The summed E-state index contributed by atoms with van der Waals surface area (Å²) in [6.45, 7) is 6.34. The van der Waals surface area contributed by atoms with Crippen molar-refractivity contribution >= 4 is 10.0 Å². The SMILES string of the molecule is CCCCc1ncc(CN2CCC3(CC2)CN(S(C)(=O)=O)CCO3)[nH]1. The predicted octanol–water partition coefficient (Wildman–Crippen LogP) is 1.38. The van der Waals surface area contributed by atoms with Gasteiger partial charge in [0.1, 0.15) is 5.82 Å². The van der Waals surface area contributed by atoms with Gasteiger partial charge in [0, 0.05) is 51.0 Å². The summed E-state index contributed by atoms with van der Waals surface area (Å²) >= 11 is 0. The van der Waals surface area contributed by atoms with Crippen LogP contribution in [0.2, 0.25) is 0 Å². The van der Waals surface area contributed by atoms with Crippen LogP contribution in [0.4, 0.5) is 0 Å². The topological polar surface area (TPSA) is 78.5 Å². The van der Waals surface area contributed by atoms with E-state index in [4.69, 9.17) is 4.74 Å². The van der Waals surface area contributed by atoms with Crippen molar-refractivity contribution in [2.45, 2.75) is 51.2 Å². The summed E-state index contributed by atoms with van der Waals surface area (Å²) in [7, 11) is -3.14. The number of H-pyrrole nitrogens is 1. The fourth-order valence-electron chi connectivity index (χ4n) is 3.71. The molecule has 0 bridgehead atoms. The van der Waals surface area contributed by atoms with E-state index in [1.807, 2.05) is 6.20 Å². The molecule has 0 unspecified atom stereocenters. The first-order chi connectivity index (χ1) is 11.9. The first kappa shape index (κ1) is 18.8. The molecule has 142 valence electrons. The van der Waals surface area contributed by atoms with Crippen molar-refractivity contribution < 1.29 is 13.2 Å². The lowest BCUT2D eigenvalue weighted by Crippen LogP contribution is -2.57. The van der Waals surface area contributed by atoms with E-state index in [0.717, 1.165) is 56.8 Å². The maximum Gasteiger partial charge on any atom is 0.211 e. The highest BCUT2D eigenvalue weighted by molar-refractivity contribution is 7.88. The molecule has 3 rings (SSSR count). The van der Waals surface area contributed by atoms with Gasteiger partial charge in [0.25, 0.3) is 0 Å². The molecule has 2 fully saturated rings. The lowest BCUT2D eigenvalue weighted by atomic mass is 9.90. The number of sulfonamides is 1. The molecule has 2 aliphatic heterocycles. The third kappa shape index (κ3) is 4.81. The molecule has 8 heteroatoms. The van der Waals surface area contributed by atoms with E-state index in [0.29, 0.717) is 19.7 Å². The quantitative estimate of drug-likeness (QED) is 0.818. The van der Waals surface area contributed by atoms with Crippen LogP contribution in [0.5, 0.6) is 0 Å². The standard InChI is InChI=1S/C17H30N4O3S/c1-3-4-5-16-18-12-15(19-16)13-20-8-6-17(7-9-20)14-21(10-11-24-17)25(2,22)23/h12H,3-11,13-14H2,1-2H3,(H,18,19). The molecule has 2 aliphatic rings. The van der Waals surface area contributed by atoms with Gasteiger partial charge in [-0.05, 0) is 19.3 Å². The Morgan fingerprint density at radius 3 is 2.76 bits per heavy atom. The van der Waals surface area contributed by atoms with Gasteiger partial charge in [-0.25, -0.2) is 13.4 Å². The zero-order valence-electron chi connectivity index (χ0n) is 15.3. The zero-order chi connectivity index (χ0) is 17.9. The number of nitrogens with one attached hydrogen (secondary N) is 1. The number of imidazole rings is 1. The number of aryl methyl sites for hydroxylation is 1. The van der Waals surface area contributed by atoms with Crippen LogP contribution in [-0.2, 0) is 27.7 Å². The highest BCUT2D eigenvalue weighted by Gasteiger charge is 2.41. The normalized spacial score (nSPS) is 22.5. The molecular weight excluding hydrogens is 340 g/mol. The monoisotopic (exact) mass is 370 g/mol. The van der Waals surface area contributed by atoms with Crippen LogP contribution in [0, 0.1) is 0 Å². The van der Waals surface area contributed by atoms with Crippen LogP contribution in [0.1, 0.15) is 44.1 Å². The van der Waals surface area contributed by atoms with Crippen molar-refractivity contribution in [1.29, 1.82) is 0 Å². The van der Waals surface area contributed by atoms with Gasteiger partial charge < -0.3 is 9.72 Å². The summed E-state index contributed by atoms with van der Waals surface area (Å²) in [5.41, 5.74) is 0.849. The predicted molar refractivity (Wildman–Crippen MR) is 96.8 cm³/mol. The maximum absolute atomic E-state index is 11.8. The van der Waals surface area contributed by atoms with Crippen molar-refractivity contribution in [3.63, 3.8) is 0 Å². The number of hydrogen-bond donors (Lipinski definition) is 1. The Labute approximate surface area is 150 Å². The van der Waals surface area contributed by atoms with Gasteiger partial charge in [0.2, 0.25) is 10.0 Å². The molecular formula is C17H30N4O3S. The number of ether oxygens (including phenoxy) is 1. The van der Waals surface area contributed by atoms with Crippen LogP contribution in [-0.4, -0.2) is 72.2 Å². The number of likely N-dealkylation sites (tertiary alicyclic amines) is 1. The highest BCUT2D eigenvalue weighted by atomic mass is 32.2. The first-order valence-corrected chi connectivity index (χ1v) is 11.1. The average Bonchev–Trinajstić information content (AvgIpc) is 3.02. The van der Waals surface area contributed by atoms with Gasteiger partial charge in [0.15, 0.2) is 0 Å².